The predicted octanol–water partition coefficient (Wildman–Crippen LogP) is 2.93. The minimum Gasteiger partial charge on any atom is -0.497 e. The van der Waals surface area contributed by atoms with Crippen LogP contribution in [0.2, 0.25) is 0 Å². The van der Waals surface area contributed by atoms with Crippen LogP contribution in [0.15, 0.2) is 36.4 Å². The van der Waals surface area contributed by atoms with Crippen LogP contribution < -0.4 is 15.2 Å². The second-order valence-electron chi connectivity index (χ2n) is 4.84. The SMILES string of the molecule is COc1ccc(-n2c(N)nc3ccc(C)cc32)c(OC)c1. The van der Waals surface area contributed by atoms with Crippen LogP contribution in [0.5, 0.6) is 11.5 Å². The lowest BCUT2D eigenvalue weighted by atomic mass is 10.2. The first-order chi connectivity index (χ1) is 10.1. The fraction of sp³-hybridized carbons (Fsp3) is 0.188. The van der Waals surface area contributed by atoms with E-state index in [0.29, 0.717) is 11.7 Å². The molecule has 0 atom stereocenters. The van der Waals surface area contributed by atoms with Crippen molar-refractivity contribution in [2.75, 3.05) is 20.0 Å². The topological polar surface area (TPSA) is 62.3 Å². The van der Waals surface area contributed by atoms with Gasteiger partial charge in [0.1, 0.15) is 11.5 Å². The average Bonchev–Trinajstić information content (AvgIpc) is 2.81. The number of imidazole rings is 1. The standard InChI is InChI=1S/C16H17N3O2/c1-10-4-6-12-14(8-10)19(16(17)18-12)13-7-5-11(20-2)9-15(13)21-3/h4-9H,1-3H3,(H2,17,18). The molecule has 0 spiro atoms. The summed E-state index contributed by atoms with van der Waals surface area (Å²) in [4.78, 5) is 4.40. The van der Waals surface area contributed by atoms with Crippen molar-refractivity contribution in [3.8, 4) is 17.2 Å². The zero-order chi connectivity index (χ0) is 15.0. The van der Waals surface area contributed by atoms with E-state index in [0.717, 1.165) is 28.0 Å². The van der Waals surface area contributed by atoms with E-state index >= 15 is 0 Å². The molecule has 1 aromatic heterocycles. The number of benzene rings is 2. The van der Waals surface area contributed by atoms with Gasteiger partial charge >= 0.3 is 0 Å². The van der Waals surface area contributed by atoms with Crippen molar-refractivity contribution in [1.82, 2.24) is 9.55 Å². The molecule has 0 saturated heterocycles. The van der Waals surface area contributed by atoms with Crippen LogP contribution in [0.3, 0.4) is 0 Å². The van der Waals surface area contributed by atoms with E-state index in [4.69, 9.17) is 15.2 Å². The highest BCUT2D eigenvalue weighted by atomic mass is 16.5. The van der Waals surface area contributed by atoms with Crippen molar-refractivity contribution < 1.29 is 9.47 Å². The van der Waals surface area contributed by atoms with E-state index in [9.17, 15) is 0 Å². The highest BCUT2D eigenvalue weighted by molar-refractivity contribution is 5.82. The Morgan fingerprint density at radius 1 is 1.05 bits per heavy atom. The maximum atomic E-state index is 6.09. The largest absolute Gasteiger partial charge is 0.497 e. The minimum absolute atomic E-state index is 0.430. The lowest BCUT2D eigenvalue weighted by molar-refractivity contribution is 0.393. The van der Waals surface area contributed by atoms with E-state index in [-0.39, 0.29) is 0 Å². The Bertz CT molecular complexity index is 809. The van der Waals surface area contributed by atoms with Gasteiger partial charge < -0.3 is 15.2 Å². The Balaban J connectivity index is 2.29. The third-order valence-electron chi connectivity index (χ3n) is 3.46. The molecule has 0 aliphatic heterocycles. The van der Waals surface area contributed by atoms with Gasteiger partial charge in [-0.1, -0.05) is 6.07 Å². The van der Waals surface area contributed by atoms with Gasteiger partial charge in [0.15, 0.2) is 0 Å². The minimum atomic E-state index is 0.430. The van der Waals surface area contributed by atoms with Gasteiger partial charge in [-0.3, -0.25) is 4.57 Å². The number of nitrogens with two attached hydrogens (primary N) is 1. The van der Waals surface area contributed by atoms with E-state index < -0.39 is 0 Å². The molecule has 0 aliphatic carbocycles. The van der Waals surface area contributed by atoms with Crippen molar-refractivity contribution >= 4 is 17.0 Å². The molecular formula is C16H17N3O2. The predicted molar refractivity (Wildman–Crippen MR) is 83.3 cm³/mol. The Kier molecular flexibility index (Phi) is 3.17. The van der Waals surface area contributed by atoms with Crippen LogP contribution in [0, 0.1) is 6.92 Å². The first-order valence-electron chi connectivity index (χ1n) is 6.61. The second-order valence-corrected chi connectivity index (χ2v) is 4.84. The summed E-state index contributed by atoms with van der Waals surface area (Å²) in [7, 11) is 3.25. The summed E-state index contributed by atoms with van der Waals surface area (Å²) >= 11 is 0. The molecule has 0 fully saturated rings. The lowest BCUT2D eigenvalue weighted by Crippen LogP contribution is -2.03. The number of nitrogen functional groups attached to an aromatic ring is 1. The number of methoxy groups -OCH3 is 2. The van der Waals surface area contributed by atoms with Gasteiger partial charge in [-0.2, -0.15) is 0 Å². The van der Waals surface area contributed by atoms with Gasteiger partial charge in [0, 0.05) is 6.07 Å². The molecule has 0 amide bonds. The van der Waals surface area contributed by atoms with Gasteiger partial charge in [0.25, 0.3) is 0 Å². The zero-order valence-corrected chi connectivity index (χ0v) is 12.3. The highest BCUT2D eigenvalue weighted by Gasteiger charge is 2.14. The fourth-order valence-corrected chi connectivity index (χ4v) is 2.43. The Labute approximate surface area is 122 Å². The van der Waals surface area contributed by atoms with Gasteiger partial charge in [0.05, 0.1) is 30.9 Å². The van der Waals surface area contributed by atoms with Crippen LogP contribution in [0.1, 0.15) is 5.56 Å². The monoisotopic (exact) mass is 283 g/mol. The fourth-order valence-electron chi connectivity index (χ4n) is 2.43. The average molecular weight is 283 g/mol. The van der Waals surface area contributed by atoms with Crippen molar-refractivity contribution in [2.45, 2.75) is 6.92 Å². The number of hydrogen-bond donors (Lipinski definition) is 1. The molecule has 21 heavy (non-hydrogen) atoms. The molecule has 5 heteroatoms. The molecule has 5 nitrogen and oxygen atoms in total. The van der Waals surface area contributed by atoms with E-state index in [2.05, 4.69) is 11.1 Å². The summed E-state index contributed by atoms with van der Waals surface area (Å²) in [6.07, 6.45) is 0. The summed E-state index contributed by atoms with van der Waals surface area (Å²) in [6.45, 7) is 2.04. The van der Waals surface area contributed by atoms with Crippen molar-refractivity contribution in [1.29, 1.82) is 0 Å². The normalized spacial score (nSPS) is 10.8. The summed E-state index contributed by atoms with van der Waals surface area (Å²) in [6, 6.07) is 11.7. The van der Waals surface area contributed by atoms with Gasteiger partial charge in [0.2, 0.25) is 5.95 Å². The molecule has 2 aromatic carbocycles. The summed E-state index contributed by atoms with van der Waals surface area (Å²) < 4.78 is 12.6. The first-order valence-corrected chi connectivity index (χ1v) is 6.61. The van der Waals surface area contributed by atoms with Crippen LogP contribution >= 0.6 is 0 Å². The van der Waals surface area contributed by atoms with Crippen molar-refractivity contribution in [2.24, 2.45) is 0 Å². The smallest absolute Gasteiger partial charge is 0.206 e. The Morgan fingerprint density at radius 3 is 2.57 bits per heavy atom. The number of aromatic nitrogens is 2. The van der Waals surface area contributed by atoms with E-state index in [1.165, 1.54) is 0 Å². The molecule has 0 radical (unpaired) electrons. The molecule has 2 N–H and O–H groups in total. The van der Waals surface area contributed by atoms with E-state index in [1.807, 2.05) is 41.8 Å². The van der Waals surface area contributed by atoms with Crippen molar-refractivity contribution in [3.63, 3.8) is 0 Å². The van der Waals surface area contributed by atoms with Crippen LogP contribution in [-0.4, -0.2) is 23.8 Å². The maximum absolute atomic E-state index is 6.09. The molecule has 1 heterocycles. The molecule has 0 unspecified atom stereocenters. The van der Waals surface area contributed by atoms with Crippen LogP contribution in [0.25, 0.3) is 16.7 Å². The van der Waals surface area contributed by atoms with Crippen LogP contribution in [0.4, 0.5) is 5.95 Å². The van der Waals surface area contributed by atoms with Gasteiger partial charge in [-0.15, -0.1) is 0 Å². The second kappa shape index (κ2) is 5.01. The third-order valence-corrected chi connectivity index (χ3v) is 3.46. The summed E-state index contributed by atoms with van der Waals surface area (Å²) in [5.41, 5.74) is 9.89. The Hall–Kier alpha value is -2.69. The van der Waals surface area contributed by atoms with Crippen molar-refractivity contribution in [3.05, 3.63) is 42.0 Å². The quantitative estimate of drug-likeness (QED) is 0.802. The molecule has 108 valence electrons. The molecule has 3 rings (SSSR count). The summed E-state index contributed by atoms with van der Waals surface area (Å²) in [5, 5.41) is 0. The number of ether oxygens (including phenoxy) is 2. The number of rotatable bonds is 3. The summed E-state index contributed by atoms with van der Waals surface area (Å²) in [5.74, 6) is 1.84. The highest BCUT2D eigenvalue weighted by Crippen LogP contribution is 2.32. The van der Waals surface area contributed by atoms with E-state index in [1.54, 1.807) is 14.2 Å². The number of nitrogens with zero attached hydrogens (tertiary/aromatic N) is 2. The van der Waals surface area contributed by atoms with Crippen LogP contribution in [-0.2, 0) is 0 Å². The number of aryl methyl sites for hydroxylation is 1. The lowest BCUT2D eigenvalue weighted by Gasteiger charge is -2.13. The first kappa shape index (κ1) is 13.3. The zero-order valence-electron chi connectivity index (χ0n) is 12.3. The third kappa shape index (κ3) is 2.16. The molecule has 0 saturated carbocycles. The number of fused-ring (bicyclic) bond motifs is 1. The molecule has 0 bridgehead atoms. The maximum Gasteiger partial charge on any atom is 0.206 e. The molecule has 0 aliphatic rings. The molecule has 3 aromatic rings. The van der Waals surface area contributed by atoms with Gasteiger partial charge in [-0.25, -0.2) is 4.98 Å². The number of hydrogen-bond acceptors (Lipinski definition) is 4. The number of anilines is 1. The molecular weight excluding hydrogens is 266 g/mol. The van der Waals surface area contributed by atoms with Gasteiger partial charge in [-0.05, 0) is 36.8 Å². The Morgan fingerprint density at radius 2 is 1.86 bits per heavy atom.